The first-order valence-electron chi connectivity index (χ1n) is 6.01. The summed E-state index contributed by atoms with van der Waals surface area (Å²) >= 11 is 0. The number of carbonyl (C=O) groups is 1. The van der Waals surface area contributed by atoms with Crippen molar-refractivity contribution in [2.45, 2.75) is 31.3 Å². The van der Waals surface area contributed by atoms with E-state index in [-0.39, 0.29) is 18.0 Å². The van der Waals surface area contributed by atoms with Crippen molar-refractivity contribution in [2.75, 3.05) is 7.05 Å². The van der Waals surface area contributed by atoms with Crippen LogP contribution in [-0.2, 0) is 4.79 Å². The average Bonchev–Trinajstić information content (AvgIpc) is 3.07. The highest BCUT2D eigenvalue weighted by Crippen LogP contribution is 2.59. The van der Waals surface area contributed by atoms with Crippen molar-refractivity contribution in [2.24, 2.45) is 17.1 Å². The third kappa shape index (κ3) is 1.27. The largest absolute Gasteiger partial charge is 0.337 e. The van der Waals surface area contributed by atoms with Gasteiger partial charge in [0, 0.05) is 13.0 Å². The maximum Gasteiger partial charge on any atom is 0.239 e. The zero-order valence-corrected chi connectivity index (χ0v) is 9.60. The monoisotopic (exact) mass is 218 g/mol. The van der Waals surface area contributed by atoms with E-state index in [0.717, 1.165) is 6.42 Å². The molecular weight excluding hydrogens is 200 g/mol. The molecule has 1 spiro atoms. The van der Waals surface area contributed by atoms with Crippen LogP contribution in [0.2, 0.25) is 0 Å². The van der Waals surface area contributed by atoms with Crippen LogP contribution in [0.3, 0.4) is 0 Å². The number of hydrogen-bond acceptors (Lipinski definition) is 2. The average molecular weight is 218 g/mol. The Morgan fingerprint density at radius 1 is 1.38 bits per heavy atom. The number of allylic oxidation sites excluding steroid dienone is 2. The normalized spacial score (nSPS) is 39.8. The van der Waals surface area contributed by atoms with Gasteiger partial charge in [0.25, 0.3) is 0 Å². The van der Waals surface area contributed by atoms with Crippen molar-refractivity contribution < 1.29 is 4.79 Å². The highest BCUT2D eigenvalue weighted by molar-refractivity contribution is 5.82. The molecule has 1 aliphatic heterocycles. The first-order chi connectivity index (χ1) is 7.64. The van der Waals surface area contributed by atoms with E-state index in [0.29, 0.717) is 11.3 Å². The summed E-state index contributed by atoms with van der Waals surface area (Å²) in [6.07, 6.45) is 11.9. The number of likely N-dealkylation sites (N-methyl/N-ethyl adjacent to an activating group) is 1. The van der Waals surface area contributed by atoms with Gasteiger partial charge in [0.2, 0.25) is 5.91 Å². The molecule has 86 valence electrons. The Kier molecular flexibility index (Phi) is 2.02. The van der Waals surface area contributed by atoms with Crippen LogP contribution in [0.15, 0.2) is 24.3 Å². The van der Waals surface area contributed by atoms with Crippen LogP contribution < -0.4 is 5.73 Å². The minimum absolute atomic E-state index is 0.0960. The molecule has 1 amide bonds. The minimum Gasteiger partial charge on any atom is -0.337 e. The molecule has 0 aromatic carbocycles. The molecule has 1 saturated carbocycles. The summed E-state index contributed by atoms with van der Waals surface area (Å²) in [4.78, 5) is 13.9. The summed E-state index contributed by atoms with van der Waals surface area (Å²) in [6, 6.07) is -0.0894. The van der Waals surface area contributed by atoms with Crippen LogP contribution in [0.4, 0.5) is 0 Å². The summed E-state index contributed by atoms with van der Waals surface area (Å²) < 4.78 is 0. The SMILES string of the molecule is CN1C(=O)C(N)CC2(CC2)C2C=CC=CC21. The first-order valence-corrected chi connectivity index (χ1v) is 6.01. The van der Waals surface area contributed by atoms with Gasteiger partial charge in [-0.25, -0.2) is 0 Å². The molecular formula is C13H18N2O. The zero-order chi connectivity index (χ0) is 11.3. The Bertz CT molecular complexity index is 381. The summed E-state index contributed by atoms with van der Waals surface area (Å²) in [5.74, 6) is 0.568. The molecule has 1 saturated heterocycles. The van der Waals surface area contributed by atoms with Crippen molar-refractivity contribution in [1.82, 2.24) is 4.90 Å². The van der Waals surface area contributed by atoms with Gasteiger partial charge in [-0.2, -0.15) is 0 Å². The third-order valence-electron chi connectivity index (χ3n) is 4.44. The van der Waals surface area contributed by atoms with Gasteiger partial charge in [-0.05, 0) is 24.7 Å². The number of amides is 1. The van der Waals surface area contributed by atoms with Crippen molar-refractivity contribution >= 4 is 5.91 Å². The van der Waals surface area contributed by atoms with Crippen LogP contribution >= 0.6 is 0 Å². The van der Waals surface area contributed by atoms with E-state index >= 15 is 0 Å². The predicted octanol–water partition coefficient (Wildman–Crippen LogP) is 1.07. The molecule has 3 heteroatoms. The second-order valence-electron chi connectivity index (χ2n) is 5.41. The van der Waals surface area contributed by atoms with E-state index in [1.54, 1.807) is 0 Å². The summed E-state index contributed by atoms with van der Waals surface area (Å²) in [6.45, 7) is 0. The van der Waals surface area contributed by atoms with Gasteiger partial charge >= 0.3 is 0 Å². The van der Waals surface area contributed by atoms with E-state index in [2.05, 4.69) is 18.2 Å². The van der Waals surface area contributed by atoms with E-state index < -0.39 is 0 Å². The minimum atomic E-state index is -0.306. The molecule has 3 atom stereocenters. The fraction of sp³-hybridized carbons (Fsp3) is 0.615. The van der Waals surface area contributed by atoms with Gasteiger partial charge < -0.3 is 10.6 Å². The predicted molar refractivity (Wildman–Crippen MR) is 62.6 cm³/mol. The molecule has 2 N–H and O–H groups in total. The summed E-state index contributed by atoms with van der Waals surface area (Å²) in [7, 11) is 1.88. The maximum atomic E-state index is 12.1. The van der Waals surface area contributed by atoms with Crippen LogP contribution in [0.25, 0.3) is 0 Å². The third-order valence-corrected chi connectivity index (χ3v) is 4.44. The van der Waals surface area contributed by atoms with Gasteiger partial charge in [-0.1, -0.05) is 24.3 Å². The smallest absolute Gasteiger partial charge is 0.239 e. The molecule has 1 heterocycles. The quantitative estimate of drug-likeness (QED) is 0.661. The fourth-order valence-corrected chi connectivity index (χ4v) is 3.30. The lowest BCUT2D eigenvalue weighted by Crippen LogP contribution is -2.45. The maximum absolute atomic E-state index is 12.1. The molecule has 2 aliphatic carbocycles. The molecule has 3 unspecified atom stereocenters. The number of nitrogens with zero attached hydrogens (tertiary/aromatic N) is 1. The van der Waals surface area contributed by atoms with Gasteiger partial charge in [-0.15, -0.1) is 0 Å². The standard InChI is InChI=1S/C13H18N2O/c1-15-11-5-3-2-4-9(11)13(6-7-13)8-10(14)12(15)16/h2-5,9-11H,6-8,14H2,1H3. The lowest BCUT2D eigenvalue weighted by atomic mass is 9.78. The Morgan fingerprint density at radius 2 is 2.06 bits per heavy atom. The number of rotatable bonds is 0. The van der Waals surface area contributed by atoms with Gasteiger partial charge in [0.05, 0.1) is 12.1 Å². The summed E-state index contributed by atoms with van der Waals surface area (Å²) in [5, 5.41) is 0. The van der Waals surface area contributed by atoms with Crippen LogP contribution in [0.1, 0.15) is 19.3 Å². The second kappa shape index (κ2) is 3.20. The molecule has 0 aromatic rings. The molecule has 3 rings (SSSR count). The molecule has 2 fully saturated rings. The van der Waals surface area contributed by atoms with Gasteiger partial charge in [-0.3, -0.25) is 4.79 Å². The highest BCUT2D eigenvalue weighted by Gasteiger charge is 2.55. The number of nitrogens with two attached hydrogens (primary N) is 1. The number of hydrogen-bond donors (Lipinski definition) is 1. The van der Waals surface area contributed by atoms with Crippen molar-refractivity contribution in [1.29, 1.82) is 0 Å². The number of fused-ring (bicyclic) bond motifs is 2. The number of carbonyl (C=O) groups excluding carboxylic acids is 1. The molecule has 0 aromatic heterocycles. The van der Waals surface area contributed by atoms with Crippen molar-refractivity contribution in [3.05, 3.63) is 24.3 Å². The Balaban J connectivity index is 2.01. The van der Waals surface area contributed by atoms with Crippen LogP contribution in [0.5, 0.6) is 0 Å². The number of likely N-dealkylation sites (tertiary alicyclic amines) is 1. The van der Waals surface area contributed by atoms with Gasteiger partial charge in [0.15, 0.2) is 0 Å². The second-order valence-corrected chi connectivity index (χ2v) is 5.41. The van der Waals surface area contributed by atoms with E-state index in [1.807, 2.05) is 18.0 Å². The molecule has 3 nitrogen and oxygen atoms in total. The first kappa shape index (κ1) is 10.1. The fourth-order valence-electron chi connectivity index (χ4n) is 3.30. The Hall–Kier alpha value is -1.09. The topological polar surface area (TPSA) is 46.3 Å². The summed E-state index contributed by atoms with van der Waals surface area (Å²) in [5.41, 5.74) is 6.31. The lowest BCUT2D eigenvalue weighted by Gasteiger charge is -2.33. The molecule has 16 heavy (non-hydrogen) atoms. The molecule has 3 aliphatic rings. The Morgan fingerprint density at radius 3 is 2.75 bits per heavy atom. The molecule has 0 bridgehead atoms. The highest BCUT2D eigenvalue weighted by atomic mass is 16.2. The zero-order valence-electron chi connectivity index (χ0n) is 9.60. The van der Waals surface area contributed by atoms with Crippen LogP contribution in [-0.4, -0.2) is 29.9 Å². The van der Waals surface area contributed by atoms with E-state index in [1.165, 1.54) is 12.8 Å². The van der Waals surface area contributed by atoms with Gasteiger partial charge in [0.1, 0.15) is 0 Å². The lowest BCUT2D eigenvalue weighted by molar-refractivity contribution is -0.132. The Labute approximate surface area is 96.0 Å². The van der Waals surface area contributed by atoms with E-state index in [4.69, 9.17) is 5.73 Å². The van der Waals surface area contributed by atoms with Crippen LogP contribution in [0, 0.1) is 11.3 Å². The van der Waals surface area contributed by atoms with Crippen molar-refractivity contribution in [3.63, 3.8) is 0 Å². The van der Waals surface area contributed by atoms with Crippen molar-refractivity contribution in [3.8, 4) is 0 Å². The van der Waals surface area contributed by atoms with E-state index in [9.17, 15) is 4.79 Å². The molecule has 0 radical (unpaired) electrons.